The van der Waals surface area contributed by atoms with Crippen molar-refractivity contribution in [3.63, 3.8) is 0 Å². The second-order valence-electron chi connectivity index (χ2n) is 8.27. The first-order chi connectivity index (χ1) is 13.6. The number of aryl methyl sites for hydroxylation is 3. The van der Waals surface area contributed by atoms with Gasteiger partial charge in [-0.15, -0.1) is 0 Å². The molecule has 1 aromatic carbocycles. The molecular weight excluding hydrogens is 370 g/mol. The van der Waals surface area contributed by atoms with Crippen LogP contribution >= 0.6 is 0 Å². The molecule has 1 aromatic heterocycles. The summed E-state index contributed by atoms with van der Waals surface area (Å²) < 4.78 is 22.2. The number of nitrogens with zero attached hydrogens (tertiary/aromatic N) is 1. The number of carbonyl (C=O) groups excluding carboxylic acids is 1. The van der Waals surface area contributed by atoms with E-state index in [-0.39, 0.29) is 11.4 Å². The Kier molecular flexibility index (Phi) is 7.47. The summed E-state index contributed by atoms with van der Waals surface area (Å²) in [6.07, 6.45) is -0.140. The van der Waals surface area contributed by atoms with Crippen molar-refractivity contribution in [1.82, 2.24) is 4.98 Å². The van der Waals surface area contributed by atoms with Crippen molar-refractivity contribution in [2.24, 2.45) is 0 Å². The number of benzene rings is 1. The number of carbonyl (C=O) groups is 1. The Bertz CT molecular complexity index is 824. The number of esters is 1. The minimum atomic E-state index is -0.609. The van der Waals surface area contributed by atoms with Gasteiger partial charge in [-0.05, 0) is 56.5 Å². The number of aromatic nitrogens is 1. The Hall–Kier alpha value is -2.34. The second kappa shape index (κ2) is 9.44. The van der Waals surface area contributed by atoms with Crippen LogP contribution in [0.25, 0.3) is 0 Å². The summed E-state index contributed by atoms with van der Waals surface area (Å²) in [6, 6.07) is 3.95. The van der Waals surface area contributed by atoms with Crippen LogP contribution in [0.1, 0.15) is 61.7 Å². The maximum atomic E-state index is 12.0. The minimum absolute atomic E-state index is 0.144. The molecule has 6 nitrogen and oxygen atoms in total. The van der Waals surface area contributed by atoms with E-state index < -0.39 is 6.10 Å². The van der Waals surface area contributed by atoms with Crippen molar-refractivity contribution in [3.05, 3.63) is 46.2 Å². The Morgan fingerprint density at radius 2 is 1.79 bits per heavy atom. The standard InChI is InChI=1S/C23H33NO5/c1-9-27-20(21(25)26-8)12-18-14(2)10-17(11-15(18)3)28-13-19-16(4)29-22(24-19)23(5,6)7/h10-11,20H,9,12-13H2,1-8H3. The molecule has 2 rings (SSSR count). The lowest BCUT2D eigenvalue weighted by Gasteiger charge is -2.18. The molecule has 0 saturated carbocycles. The third-order valence-electron chi connectivity index (χ3n) is 4.80. The first-order valence-corrected chi connectivity index (χ1v) is 9.95. The van der Waals surface area contributed by atoms with Crippen LogP contribution in [0.15, 0.2) is 16.5 Å². The summed E-state index contributed by atoms with van der Waals surface area (Å²) in [6.45, 7) is 14.8. The quantitative estimate of drug-likeness (QED) is 0.600. The van der Waals surface area contributed by atoms with E-state index >= 15 is 0 Å². The molecule has 0 aliphatic heterocycles. The normalized spacial score (nSPS) is 12.7. The number of hydrogen-bond donors (Lipinski definition) is 0. The zero-order valence-corrected chi connectivity index (χ0v) is 18.8. The van der Waals surface area contributed by atoms with Gasteiger partial charge in [0.15, 0.2) is 12.0 Å². The van der Waals surface area contributed by atoms with E-state index in [4.69, 9.17) is 18.6 Å². The number of hydrogen-bond acceptors (Lipinski definition) is 6. The highest BCUT2D eigenvalue weighted by atomic mass is 16.6. The van der Waals surface area contributed by atoms with Crippen LogP contribution in [0.5, 0.6) is 5.75 Å². The largest absolute Gasteiger partial charge is 0.487 e. The summed E-state index contributed by atoms with van der Waals surface area (Å²) in [7, 11) is 1.38. The summed E-state index contributed by atoms with van der Waals surface area (Å²) in [4.78, 5) is 16.6. The van der Waals surface area contributed by atoms with Crippen LogP contribution < -0.4 is 4.74 Å². The molecule has 160 valence electrons. The summed E-state index contributed by atoms with van der Waals surface area (Å²) in [5.74, 6) is 1.88. The lowest BCUT2D eigenvalue weighted by Crippen LogP contribution is -2.28. The van der Waals surface area contributed by atoms with Gasteiger partial charge >= 0.3 is 5.97 Å². The van der Waals surface area contributed by atoms with E-state index in [1.807, 2.05) is 39.8 Å². The Labute approximate surface area is 173 Å². The molecular formula is C23H33NO5. The topological polar surface area (TPSA) is 70.8 Å². The molecule has 1 heterocycles. The fourth-order valence-electron chi connectivity index (χ4n) is 3.12. The van der Waals surface area contributed by atoms with E-state index in [9.17, 15) is 4.79 Å². The van der Waals surface area contributed by atoms with Crippen LogP contribution in [-0.4, -0.2) is 30.8 Å². The van der Waals surface area contributed by atoms with E-state index in [0.717, 1.165) is 33.9 Å². The van der Waals surface area contributed by atoms with Gasteiger partial charge in [0, 0.05) is 18.4 Å². The van der Waals surface area contributed by atoms with Crippen molar-refractivity contribution in [1.29, 1.82) is 0 Å². The minimum Gasteiger partial charge on any atom is -0.487 e. The van der Waals surface area contributed by atoms with Crippen molar-refractivity contribution in [3.8, 4) is 5.75 Å². The van der Waals surface area contributed by atoms with Gasteiger partial charge in [0.05, 0.1) is 7.11 Å². The zero-order chi connectivity index (χ0) is 21.8. The SMILES string of the molecule is CCOC(Cc1c(C)cc(OCc2nc(C(C)(C)C)oc2C)cc1C)C(=O)OC. The lowest BCUT2D eigenvalue weighted by molar-refractivity contribution is -0.153. The monoisotopic (exact) mass is 403 g/mol. The molecule has 2 aromatic rings. The molecule has 0 radical (unpaired) electrons. The second-order valence-corrected chi connectivity index (χ2v) is 8.27. The van der Waals surface area contributed by atoms with E-state index in [0.29, 0.717) is 25.5 Å². The molecule has 1 atom stereocenters. The van der Waals surface area contributed by atoms with Crippen molar-refractivity contribution < 1.29 is 23.4 Å². The summed E-state index contributed by atoms with van der Waals surface area (Å²) in [5, 5.41) is 0. The summed E-state index contributed by atoms with van der Waals surface area (Å²) >= 11 is 0. The Balaban J connectivity index is 2.15. The lowest BCUT2D eigenvalue weighted by atomic mass is 9.97. The molecule has 1 unspecified atom stereocenters. The van der Waals surface area contributed by atoms with Gasteiger partial charge in [0.25, 0.3) is 0 Å². The predicted octanol–water partition coefficient (Wildman–Crippen LogP) is 4.60. The Morgan fingerprint density at radius 1 is 1.17 bits per heavy atom. The first kappa shape index (κ1) is 22.9. The molecule has 0 aliphatic carbocycles. The van der Waals surface area contributed by atoms with Crippen molar-refractivity contribution in [2.75, 3.05) is 13.7 Å². The smallest absolute Gasteiger partial charge is 0.335 e. The van der Waals surface area contributed by atoms with Crippen LogP contribution in [0, 0.1) is 20.8 Å². The van der Waals surface area contributed by atoms with Gasteiger partial charge in [0.1, 0.15) is 23.8 Å². The van der Waals surface area contributed by atoms with Crippen molar-refractivity contribution in [2.45, 2.75) is 73.0 Å². The average molecular weight is 404 g/mol. The molecule has 0 spiro atoms. The van der Waals surface area contributed by atoms with Gasteiger partial charge in [-0.2, -0.15) is 0 Å². The maximum Gasteiger partial charge on any atom is 0.335 e. The molecule has 0 N–H and O–H groups in total. The highest BCUT2D eigenvalue weighted by Gasteiger charge is 2.23. The third-order valence-corrected chi connectivity index (χ3v) is 4.80. The number of oxazole rings is 1. The molecule has 0 amide bonds. The highest BCUT2D eigenvalue weighted by molar-refractivity contribution is 5.75. The van der Waals surface area contributed by atoms with Gasteiger partial charge in [0.2, 0.25) is 0 Å². The van der Waals surface area contributed by atoms with Crippen molar-refractivity contribution >= 4 is 5.97 Å². The molecule has 0 fully saturated rings. The Morgan fingerprint density at radius 3 is 2.28 bits per heavy atom. The summed E-state index contributed by atoms with van der Waals surface area (Å²) in [5.41, 5.74) is 3.81. The number of rotatable bonds is 8. The fraction of sp³-hybridized carbons (Fsp3) is 0.565. The maximum absolute atomic E-state index is 12.0. The van der Waals surface area contributed by atoms with Crippen LogP contribution in [-0.2, 0) is 32.7 Å². The molecule has 29 heavy (non-hydrogen) atoms. The van der Waals surface area contributed by atoms with Crippen LogP contribution in [0.3, 0.4) is 0 Å². The fourth-order valence-corrected chi connectivity index (χ4v) is 3.12. The van der Waals surface area contributed by atoms with Gasteiger partial charge in [-0.1, -0.05) is 20.8 Å². The molecule has 0 bridgehead atoms. The molecule has 6 heteroatoms. The highest BCUT2D eigenvalue weighted by Crippen LogP contribution is 2.27. The van der Waals surface area contributed by atoms with E-state index in [1.54, 1.807) is 0 Å². The zero-order valence-electron chi connectivity index (χ0n) is 18.8. The molecule has 0 saturated heterocycles. The number of ether oxygens (including phenoxy) is 3. The van der Waals surface area contributed by atoms with E-state index in [1.165, 1.54) is 7.11 Å². The average Bonchev–Trinajstić information content (AvgIpc) is 3.02. The van der Waals surface area contributed by atoms with Crippen LogP contribution in [0.2, 0.25) is 0 Å². The first-order valence-electron chi connectivity index (χ1n) is 9.95. The van der Waals surface area contributed by atoms with E-state index in [2.05, 4.69) is 25.8 Å². The number of methoxy groups -OCH3 is 1. The predicted molar refractivity (Wildman–Crippen MR) is 111 cm³/mol. The van der Waals surface area contributed by atoms with Gasteiger partial charge in [-0.3, -0.25) is 0 Å². The van der Waals surface area contributed by atoms with Gasteiger partial charge < -0.3 is 18.6 Å². The molecule has 0 aliphatic rings. The van der Waals surface area contributed by atoms with Gasteiger partial charge in [-0.25, -0.2) is 9.78 Å². The third kappa shape index (κ3) is 5.82. The van der Waals surface area contributed by atoms with Crippen LogP contribution in [0.4, 0.5) is 0 Å².